The Bertz CT molecular complexity index is 626. The van der Waals surface area contributed by atoms with Crippen molar-refractivity contribution in [3.8, 4) is 11.5 Å². The van der Waals surface area contributed by atoms with Crippen LogP contribution >= 0.6 is 0 Å². The van der Waals surface area contributed by atoms with E-state index in [1.807, 2.05) is 13.0 Å². The lowest BCUT2D eigenvalue weighted by Crippen LogP contribution is -2.08. The molecule has 0 aliphatic carbocycles. The summed E-state index contributed by atoms with van der Waals surface area (Å²) < 4.78 is 5.11. The Balaban J connectivity index is 2.32. The molecule has 0 spiro atoms. The van der Waals surface area contributed by atoms with Crippen molar-refractivity contribution in [1.29, 1.82) is 0 Å². The summed E-state index contributed by atoms with van der Waals surface area (Å²) in [5.74, 6) is 0.674. The first-order chi connectivity index (χ1) is 8.20. The average molecular weight is 230 g/mol. The minimum atomic E-state index is 0.182. The summed E-state index contributed by atoms with van der Waals surface area (Å²) in [6.45, 7) is 2.82. The Kier molecular flexibility index (Phi) is 2.11. The van der Waals surface area contributed by atoms with Gasteiger partial charge in [0.2, 0.25) is 0 Å². The van der Waals surface area contributed by atoms with Crippen molar-refractivity contribution in [1.82, 2.24) is 4.98 Å². The summed E-state index contributed by atoms with van der Waals surface area (Å²) in [5.41, 5.74) is 4.34. The van der Waals surface area contributed by atoms with Gasteiger partial charge < -0.3 is 14.8 Å². The highest BCUT2D eigenvalue weighted by Crippen LogP contribution is 2.35. The van der Waals surface area contributed by atoms with Crippen LogP contribution in [-0.2, 0) is 6.42 Å². The molecule has 1 aliphatic heterocycles. The third-order valence-electron chi connectivity index (χ3n) is 3.28. The maximum absolute atomic E-state index is 9.83. The van der Waals surface area contributed by atoms with Crippen LogP contribution < -0.4 is 4.74 Å². The minimum absolute atomic E-state index is 0.182. The van der Waals surface area contributed by atoms with E-state index in [2.05, 4.69) is 9.98 Å². The van der Waals surface area contributed by atoms with Gasteiger partial charge in [0.05, 0.1) is 24.0 Å². The molecule has 0 saturated carbocycles. The van der Waals surface area contributed by atoms with Crippen LogP contribution in [0.3, 0.4) is 0 Å². The van der Waals surface area contributed by atoms with E-state index in [4.69, 9.17) is 4.74 Å². The molecule has 0 amide bonds. The monoisotopic (exact) mass is 230 g/mol. The molecule has 0 unspecified atom stereocenters. The number of H-pyrrole nitrogens is 1. The van der Waals surface area contributed by atoms with E-state index < -0.39 is 0 Å². The van der Waals surface area contributed by atoms with Crippen molar-refractivity contribution < 1.29 is 9.84 Å². The third-order valence-corrected chi connectivity index (χ3v) is 3.28. The van der Waals surface area contributed by atoms with E-state index in [9.17, 15) is 5.11 Å². The molecule has 2 aromatic rings. The molecule has 2 N–H and O–H groups in total. The highest BCUT2D eigenvalue weighted by atomic mass is 16.5. The van der Waals surface area contributed by atoms with Gasteiger partial charge in [0, 0.05) is 18.0 Å². The molecule has 0 saturated heterocycles. The normalized spacial score (nSPS) is 14.6. The molecule has 0 fully saturated rings. The average Bonchev–Trinajstić information content (AvgIpc) is 2.68. The van der Waals surface area contributed by atoms with Gasteiger partial charge in [-0.05, 0) is 25.0 Å². The van der Waals surface area contributed by atoms with Gasteiger partial charge in [-0.15, -0.1) is 0 Å². The molecule has 4 nitrogen and oxygen atoms in total. The molecule has 88 valence electrons. The molecule has 1 aliphatic rings. The van der Waals surface area contributed by atoms with E-state index in [0.29, 0.717) is 5.75 Å². The van der Waals surface area contributed by atoms with Crippen LogP contribution in [0.5, 0.6) is 11.5 Å². The lowest BCUT2D eigenvalue weighted by atomic mass is 10.0. The van der Waals surface area contributed by atoms with Crippen molar-refractivity contribution in [3.63, 3.8) is 0 Å². The molecular formula is C13H14N2O2. The number of hydrogen-bond acceptors (Lipinski definition) is 3. The number of rotatable bonds is 1. The second kappa shape index (κ2) is 3.52. The van der Waals surface area contributed by atoms with Crippen molar-refractivity contribution in [3.05, 3.63) is 23.4 Å². The number of aliphatic imine (C=N–C) groups is 1. The maximum Gasteiger partial charge on any atom is 0.162 e. The number of aromatic hydroxyl groups is 1. The third kappa shape index (κ3) is 1.40. The van der Waals surface area contributed by atoms with E-state index in [1.54, 1.807) is 13.2 Å². The fourth-order valence-corrected chi connectivity index (χ4v) is 2.41. The Morgan fingerprint density at radius 2 is 2.24 bits per heavy atom. The van der Waals surface area contributed by atoms with Crippen molar-refractivity contribution >= 4 is 16.6 Å². The van der Waals surface area contributed by atoms with Crippen LogP contribution in [0.4, 0.5) is 0 Å². The maximum atomic E-state index is 9.83. The van der Waals surface area contributed by atoms with Crippen molar-refractivity contribution in [2.75, 3.05) is 13.7 Å². The molecule has 17 heavy (non-hydrogen) atoms. The lowest BCUT2D eigenvalue weighted by Gasteiger charge is -2.09. The molecule has 1 aromatic carbocycles. The molecule has 0 atom stereocenters. The van der Waals surface area contributed by atoms with Crippen LogP contribution in [0.15, 0.2) is 17.1 Å². The molecular weight excluding hydrogens is 216 g/mol. The second-order valence-electron chi connectivity index (χ2n) is 4.27. The number of nitrogens with zero attached hydrogens (tertiary/aromatic N) is 1. The van der Waals surface area contributed by atoms with Crippen LogP contribution in [-0.4, -0.2) is 29.5 Å². The number of methoxy groups -OCH3 is 1. The first-order valence-electron chi connectivity index (χ1n) is 5.63. The van der Waals surface area contributed by atoms with Crippen molar-refractivity contribution in [2.45, 2.75) is 13.3 Å². The van der Waals surface area contributed by atoms with Crippen molar-refractivity contribution in [2.24, 2.45) is 4.99 Å². The number of aromatic nitrogens is 1. The predicted molar refractivity (Wildman–Crippen MR) is 67.3 cm³/mol. The molecule has 4 heteroatoms. The number of hydrogen-bond donors (Lipinski definition) is 2. The van der Waals surface area contributed by atoms with Crippen LogP contribution in [0.25, 0.3) is 10.9 Å². The van der Waals surface area contributed by atoms with Crippen LogP contribution in [0, 0.1) is 0 Å². The fourth-order valence-electron chi connectivity index (χ4n) is 2.41. The first-order valence-corrected chi connectivity index (χ1v) is 5.63. The Hall–Kier alpha value is -1.97. The number of aromatic amines is 1. The fraction of sp³-hybridized carbons (Fsp3) is 0.308. The molecule has 0 bridgehead atoms. The Labute approximate surface area is 98.9 Å². The lowest BCUT2D eigenvalue weighted by molar-refractivity contribution is 0.374. The zero-order valence-electron chi connectivity index (χ0n) is 9.87. The summed E-state index contributed by atoms with van der Waals surface area (Å²) in [7, 11) is 1.55. The van der Waals surface area contributed by atoms with Gasteiger partial charge in [0.1, 0.15) is 0 Å². The molecule has 0 radical (unpaired) electrons. The molecule has 2 heterocycles. The summed E-state index contributed by atoms with van der Waals surface area (Å²) >= 11 is 0. The quantitative estimate of drug-likeness (QED) is 0.789. The van der Waals surface area contributed by atoms with E-state index in [1.165, 1.54) is 5.56 Å². The van der Waals surface area contributed by atoms with Crippen LogP contribution in [0.1, 0.15) is 18.2 Å². The van der Waals surface area contributed by atoms with E-state index >= 15 is 0 Å². The standard InChI is InChI=1S/C13H14N2O2/c1-7-13-8(3-4-14-7)9-5-11(16)12(17-2)6-10(9)15-13/h5-6,15-16H,3-4H2,1-2H3. The van der Waals surface area contributed by atoms with Gasteiger partial charge in [-0.25, -0.2) is 0 Å². The predicted octanol–water partition coefficient (Wildman–Crippen LogP) is 2.25. The van der Waals surface area contributed by atoms with Gasteiger partial charge >= 0.3 is 0 Å². The number of nitrogens with one attached hydrogen (secondary N) is 1. The number of fused-ring (bicyclic) bond motifs is 3. The second-order valence-corrected chi connectivity index (χ2v) is 4.27. The topological polar surface area (TPSA) is 57.6 Å². The van der Waals surface area contributed by atoms with Gasteiger partial charge in [-0.2, -0.15) is 0 Å². The van der Waals surface area contributed by atoms with Gasteiger partial charge in [-0.3, -0.25) is 4.99 Å². The van der Waals surface area contributed by atoms with Gasteiger partial charge in [0.25, 0.3) is 0 Å². The van der Waals surface area contributed by atoms with Gasteiger partial charge in [-0.1, -0.05) is 0 Å². The largest absolute Gasteiger partial charge is 0.504 e. The number of phenols is 1. The smallest absolute Gasteiger partial charge is 0.162 e. The zero-order chi connectivity index (χ0) is 12.0. The SMILES string of the molecule is COc1cc2[nH]c3c(c2cc1O)CCN=C3C. The zero-order valence-corrected chi connectivity index (χ0v) is 9.87. The number of ether oxygens (including phenoxy) is 1. The summed E-state index contributed by atoms with van der Waals surface area (Å²) in [6.07, 6.45) is 0.915. The Morgan fingerprint density at radius 1 is 1.41 bits per heavy atom. The van der Waals surface area contributed by atoms with E-state index in [-0.39, 0.29) is 5.75 Å². The summed E-state index contributed by atoms with van der Waals surface area (Å²) in [4.78, 5) is 7.77. The number of phenolic OH excluding ortho intramolecular Hbond substituents is 1. The molecule has 3 rings (SSSR count). The molecule has 1 aromatic heterocycles. The highest BCUT2D eigenvalue weighted by Gasteiger charge is 2.18. The van der Waals surface area contributed by atoms with Crippen LogP contribution in [0.2, 0.25) is 0 Å². The number of benzene rings is 1. The minimum Gasteiger partial charge on any atom is -0.504 e. The summed E-state index contributed by atoms with van der Waals surface area (Å²) in [5, 5.41) is 10.9. The highest BCUT2D eigenvalue weighted by molar-refractivity contribution is 6.05. The first kappa shape index (κ1) is 10.2. The van der Waals surface area contributed by atoms with E-state index in [0.717, 1.165) is 35.3 Å². The van der Waals surface area contributed by atoms with Gasteiger partial charge in [0.15, 0.2) is 11.5 Å². The summed E-state index contributed by atoms with van der Waals surface area (Å²) in [6, 6.07) is 3.60. The Morgan fingerprint density at radius 3 is 3.00 bits per heavy atom.